The largest absolute Gasteiger partial charge is 0.388 e. The molecule has 0 fully saturated rings. The Balaban J connectivity index is 1.93. The van der Waals surface area contributed by atoms with Crippen molar-refractivity contribution in [1.29, 1.82) is 0 Å². The lowest BCUT2D eigenvalue weighted by Gasteiger charge is -2.13. The van der Waals surface area contributed by atoms with Crippen LogP contribution in [0.5, 0.6) is 0 Å². The normalized spacial score (nSPS) is 12.5. The van der Waals surface area contributed by atoms with Gasteiger partial charge in [0.2, 0.25) is 0 Å². The van der Waals surface area contributed by atoms with Gasteiger partial charge in [0.25, 0.3) is 0 Å². The molecule has 1 heterocycles. The van der Waals surface area contributed by atoms with Crippen LogP contribution in [0.25, 0.3) is 10.9 Å². The minimum Gasteiger partial charge on any atom is -0.388 e. The third-order valence-corrected chi connectivity index (χ3v) is 3.58. The summed E-state index contributed by atoms with van der Waals surface area (Å²) in [4.78, 5) is 4.35. The van der Waals surface area contributed by atoms with Gasteiger partial charge in [-0.1, -0.05) is 48.0 Å². The highest BCUT2D eigenvalue weighted by Gasteiger charge is 2.11. The minimum atomic E-state index is -0.485. The van der Waals surface area contributed by atoms with Gasteiger partial charge in [-0.15, -0.1) is 0 Å². The second-order valence-electron chi connectivity index (χ2n) is 5.12. The van der Waals surface area contributed by atoms with E-state index in [0.717, 1.165) is 22.0 Å². The molecule has 1 N–H and O–H groups in total. The zero-order valence-electron chi connectivity index (χ0n) is 11.5. The monoisotopic (exact) mass is 263 g/mol. The molecule has 3 aromatic rings. The summed E-state index contributed by atoms with van der Waals surface area (Å²) in [6.07, 6.45) is 1.92. The molecule has 1 unspecified atom stereocenters. The zero-order valence-corrected chi connectivity index (χ0v) is 11.5. The van der Waals surface area contributed by atoms with Crippen LogP contribution in [0.15, 0.2) is 60.8 Å². The number of aryl methyl sites for hydroxylation is 1. The molecule has 2 heteroatoms. The molecule has 0 aliphatic rings. The molecule has 1 atom stereocenters. The Bertz CT molecular complexity index is 731. The minimum absolute atomic E-state index is 0.485. The number of nitrogens with zero attached hydrogens (tertiary/aromatic N) is 1. The number of rotatable bonds is 3. The fraction of sp³-hybridized carbons (Fsp3) is 0.167. The lowest BCUT2D eigenvalue weighted by atomic mass is 9.98. The number of para-hydroxylation sites is 1. The number of fused-ring (bicyclic) bond motifs is 1. The first-order valence-electron chi connectivity index (χ1n) is 6.81. The van der Waals surface area contributed by atoms with Crippen LogP contribution in [-0.4, -0.2) is 10.1 Å². The van der Waals surface area contributed by atoms with E-state index >= 15 is 0 Å². The van der Waals surface area contributed by atoms with Gasteiger partial charge in [0.15, 0.2) is 0 Å². The van der Waals surface area contributed by atoms with Crippen molar-refractivity contribution in [1.82, 2.24) is 4.98 Å². The quantitative estimate of drug-likeness (QED) is 0.779. The van der Waals surface area contributed by atoms with Crippen molar-refractivity contribution in [2.24, 2.45) is 0 Å². The summed E-state index contributed by atoms with van der Waals surface area (Å²) < 4.78 is 0. The van der Waals surface area contributed by atoms with Crippen molar-refractivity contribution in [2.75, 3.05) is 0 Å². The average molecular weight is 263 g/mol. The fourth-order valence-corrected chi connectivity index (χ4v) is 2.54. The molecule has 0 saturated carbocycles. The van der Waals surface area contributed by atoms with Gasteiger partial charge in [0, 0.05) is 18.0 Å². The molecule has 0 radical (unpaired) electrons. The molecule has 0 amide bonds. The average Bonchev–Trinajstić information content (AvgIpc) is 2.47. The second-order valence-corrected chi connectivity index (χ2v) is 5.12. The van der Waals surface area contributed by atoms with E-state index in [1.54, 1.807) is 6.20 Å². The summed E-state index contributed by atoms with van der Waals surface area (Å²) in [5, 5.41) is 11.6. The Hall–Kier alpha value is -2.19. The SMILES string of the molecule is Cc1cccc(C(O)Cc2ccnc3ccccc23)c1. The van der Waals surface area contributed by atoms with E-state index in [1.807, 2.05) is 55.5 Å². The van der Waals surface area contributed by atoms with E-state index in [-0.39, 0.29) is 0 Å². The molecule has 0 spiro atoms. The Morgan fingerprint density at radius 3 is 2.75 bits per heavy atom. The number of hydrogen-bond donors (Lipinski definition) is 1. The Morgan fingerprint density at radius 2 is 1.90 bits per heavy atom. The maximum atomic E-state index is 10.4. The highest BCUT2D eigenvalue weighted by atomic mass is 16.3. The molecule has 2 aromatic carbocycles. The van der Waals surface area contributed by atoms with Gasteiger partial charge in [-0.25, -0.2) is 0 Å². The van der Waals surface area contributed by atoms with Crippen molar-refractivity contribution in [3.8, 4) is 0 Å². The number of pyridine rings is 1. The van der Waals surface area contributed by atoms with Gasteiger partial charge >= 0.3 is 0 Å². The van der Waals surface area contributed by atoms with Crippen LogP contribution in [0.4, 0.5) is 0 Å². The van der Waals surface area contributed by atoms with Crippen molar-refractivity contribution in [3.05, 3.63) is 77.5 Å². The second kappa shape index (κ2) is 5.43. The molecule has 2 nitrogen and oxygen atoms in total. The molecule has 1 aromatic heterocycles. The summed E-state index contributed by atoms with van der Waals surface area (Å²) >= 11 is 0. The molecule has 0 aliphatic carbocycles. The first-order chi connectivity index (χ1) is 9.74. The van der Waals surface area contributed by atoms with Gasteiger partial charge in [0.1, 0.15) is 0 Å². The zero-order chi connectivity index (χ0) is 13.9. The molecule has 100 valence electrons. The summed E-state index contributed by atoms with van der Waals surface area (Å²) in [5.74, 6) is 0. The van der Waals surface area contributed by atoms with Gasteiger partial charge in [0.05, 0.1) is 11.6 Å². The predicted octanol–water partition coefficient (Wildman–Crippen LogP) is 3.82. The third-order valence-electron chi connectivity index (χ3n) is 3.58. The van der Waals surface area contributed by atoms with Crippen LogP contribution in [-0.2, 0) is 6.42 Å². The highest BCUT2D eigenvalue weighted by Crippen LogP contribution is 2.23. The van der Waals surface area contributed by atoms with Crippen molar-refractivity contribution in [3.63, 3.8) is 0 Å². The van der Waals surface area contributed by atoms with E-state index in [2.05, 4.69) is 11.1 Å². The van der Waals surface area contributed by atoms with Crippen LogP contribution in [0.2, 0.25) is 0 Å². The number of aliphatic hydroxyl groups is 1. The Kier molecular flexibility index (Phi) is 3.48. The fourth-order valence-electron chi connectivity index (χ4n) is 2.54. The smallest absolute Gasteiger partial charge is 0.0830 e. The van der Waals surface area contributed by atoms with Gasteiger partial charge in [-0.2, -0.15) is 0 Å². The predicted molar refractivity (Wildman–Crippen MR) is 81.6 cm³/mol. The Labute approximate surface area is 118 Å². The topological polar surface area (TPSA) is 33.1 Å². The van der Waals surface area contributed by atoms with Crippen molar-refractivity contribution < 1.29 is 5.11 Å². The van der Waals surface area contributed by atoms with Crippen molar-refractivity contribution >= 4 is 10.9 Å². The summed E-state index contributed by atoms with van der Waals surface area (Å²) in [6, 6.07) is 18.1. The van der Waals surface area contributed by atoms with Crippen LogP contribution in [0.1, 0.15) is 22.8 Å². The standard InChI is InChI=1S/C18H17NO/c1-13-5-4-6-15(11-13)18(20)12-14-9-10-19-17-8-3-2-7-16(14)17/h2-11,18,20H,12H2,1H3. The van der Waals surface area contributed by atoms with Gasteiger partial charge in [-0.3, -0.25) is 4.98 Å². The first-order valence-corrected chi connectivity index (χ1v) is 6.81. The molecule has 0 saturated heterocycles. The number of benzene rings is 2. The molecule has 0 bridgehead atoms. The Morgan fingerprint density at radius 1 is 1.05 bits per heavy atom. The number of aliphatic hydroxyl groups excluding tert-OH is 1. The summed E-state index contributed by atoms with van der Waals surface area (Å²) in [6.45, 7) is 2.04. The van der Waals surface area contributed by atoms with E-state index in [1.165, 1.54) is 5.56 Å². The number of hydrogen-bond acceptors (Lipinski definition) is 2. The third kappa shape index (κ3) is 2.56. The van der Waals surface area contributed by atoms with Crippen LogP contribution >= 0.6 is 0 Å². The molecule has 0 aliphatic heterocycles. The van der Waals surface area contributed by atoms with E-state index < -0.39 is 6.10 Å². The summed E-state index contributed by atoms with van der Waals surface area (Å²) in [5.41, 5.74) is 4.23. The maximum Gasteiger partial charge on any atom is 0.0830 e. The van der Waals surface area contributed by atoms with Crippen molar-refractivity contribution in [2.45, 2.75) is 19.4 Å². The lowest BCUT2D eigenvalue weighted by Crippen LogP contribution is -2.03. The molecule has 20 heavy (non-hydrogen) atoms. The van der Waals surface area contributed by atoms with Gasteiger partial charge < -0.3 is 5.11 Å². The van der Waals surface area contributed by atoms with Crippen LogP contribution < -0.4 is 0 Å². The van der Waals surface area contributed by atoms with Crippen LogP contribution in [0, 0.1) is 6.92 Å². The molecular weight excluding hydrogens is 246 g/mol. The van der Waals surface area contributed by atoms with E-state index in [4.69, 9.17) is 0 Å². The molecule has 3 rings (SSSR count). The first kappa shape index (κ1) is 12.8. The maximum absolute atomic E-state index is 10.4. The van der Waals surface area contributed by atoms with Gasteiger partial charge in [-0.05, 0) is 30.2 Å². The lowest BCUT2D eigenvalue weighted by molar-refractivity contribution is 0.179. The number of aromatic nitrogens is 1. The van der Waals surface area contributed by atoms with Crippen LogP contribution in [0.3, 0.4) is 0 Å². The van der Waals surface area contributed by atoms with E-state index in [0.29, 0.717) is 6.42 Å². The summed E-state index contributed by atoms with van der Waals surface area (Å²) in [7, 11) is 0. The van der Waals surface area contributed by atoms with E-state index in [9.17, 15) is 5.11 Å². The molecular formula is C18H17NO. The highest BCUT2D eigenvalue weighted by molar-refractivity contribution is 5.81.